The minimum Gasteiger partial charge on any atom is -0.496 e. The lowest BCUT2D eigenvalue weighted by Gasteiger charge is -2.33. The number of hydrogen-bond donors (Lipinski definition) is 1. The van der Waals surface area contributed by atoms with Crippen LogP contribution in [0, 0.1) is 5.82 Å². The molecule has 2 heterocycles. The van der Waals surface area contributed by atoms with Crippen molar-refractivity contribution in [3.8, 4) is 5.75 Å². The Balaban J connectivity index is 1.67. The quantitative estimate of drug-likeness (QED) is 0.922. The van der Waals surface area contributed by atoms with E-state index in [1.807, 2.05) is 0 Å². The zero-order chi connectivity index (χ0) is 17.8. The summed E-state index contributed by atoms with van der Waals surface area (Å²) in [5, 5.41) is 7.03. The van der Waals surface area contributed by atoms with Gasteiger partial charge >= 0.3 is 6.03 Å². The number of halogens is 1. The van der Waals surface area contributed by atoms with Crippen LogP contribution < -0.4 is 10.1 Å². The standard InChI is InChI=1S/C17H22FN5O2/c1-12(16-14(18)6-3-7-15(16)25-2)21-17(24)22-8-4-5-13(9-22)23-11-19-10-20-23/h3,6-7,10-13H,4-5,8-9H2,1-2H3,(H,21,24). The van der Waals surface area contributed by atoms with Crippen molar-refractivity contribution >= 4 is 6.03 Å². The molecular formula is C17H22FN5O2. The molecule has 2 amide bonds. The Kier molecular flexibility index (Phi) is 5.16. The van der Waals surface area contributed by atoms with Crippen LogP contribution in [-0.2, 0) is 0 Å². The minimum absolute atomic E-state index is 0.111. The number of ether oxygens (including phenoxy) is 1. The highest BCUT2D eigenvalue weighted by atomic mass is 19.1. The summed E-state index contributed by atoms with van der Waals surface area (Å²) in [7, 11) is 1.49. The number of aromatic nitrogens is 3. The van der Waals surface area contributed by atoms with E-state index in [4.69, 9.17) is 4.74 Å². The molecule has 1 fully saturated rings. The number of likely N-dealkylation sites (tertiary alicyclic amines) is 1. The van der Waals surface area contributed by atoms with E-state index in [-0.39, 0.29) is 12.1 Å². The minimum atomic E-state index is -0.504. The molecule has 25 heavy (non-hydrogen) atoms. The first-order valence-electron chi connectivity index (χ1n) is 8.32. The molecule has 2 unspecified atom stereocenters. The predicted molar refractivity (Wildman–Crippen MR) is 89.8 cm³/mol. The second-order valence-corrected chi connectivity index (χ2v) is 6.14. The molecule has 0 aliphatic carbocycles. The Morgan fingerprint density at radius 3 is 3.04 bits per heavy atom. The summed E-state index contributed by atoms with van der Waals surface area (Å²) in [6.07, 6.45) is 4.99. The molecule has 0 saturated carbocycles. The van der Waals surface area contributed by atoms with Gasteiger partial charge in [0.25, 0.3) is 0 Å². The Morgan fingerprint density at radius 1 is 1.48 bits per heavy atom. The SMILES string of the molecule is COc1cccc(F)c1C(C)NC(=O)N1CCCC(n2cncn2)C1. The van der Waals surface area contributed by atoms with Crippen LogP contribution in [-0.4, -0.2) is 45.9 Å². The number of carbonyl (C=O) groups excluding carboxylic acids is 1. The van der Waals surface area contributed by atoms with Gasteiger partial charge in [0.1, 0.15) is 24.2 Å². The third-order valence-electron chi connectivity index (χ3n) is 4.50. The monoisotopic (exact) mass is 347 g/mol. The van der Waals surface area contributed by atoms with Crippen molar-refractivity contribution in [1.29, 1.82) is 0 Å². The van der Waals surface area contributed by atoms with E-state index in [1.165, 1.54) is 19.5 Å². The molecule has 1 aromatic carbocycles. The first-order valence-corrected chi connectivity index (χ1v) is 8.32. The molecule has 8 heteroatoms. The first-order chi connectivity index (χ1) is 12.1. The van der Waals surface area contributed by atoms with Crippen LogP contribution in [0.1, 0.15) is 37.4 Å². The lowest BCUT2D eigenvalue weighted by molar-refractivity contribution is 0.160. The smallest absolute Gasteiger partial charge is 0.317 e. The average molecular weight is 347 g/mol. The van der Waals surface area contributed by atoms with Crippen LogP contribution in [0.5, 0.6) is 5.75 Å². The lowest BCUT2D eigenvalue weighted by Crippen LogP contribution is -2.46. The zero-order valence-electron chi connectivity index (χ0n) is 14.4. The maximum Gasteiger partial charge on any atom is 0.317 e. The average Bonchev–Trinajstić information content (AvgIpc) is 3.16. The van der Waals surface area contributed by atoms with E-state index < -0.39 is 11.9 Å². The largest absolute Gasteiger partial charge is 0.496 e. The van der Waals surface area contributed by atoms with Gasteiger partial charge in [-0.25, -0.2) is 18.9 Å². The summed E-state index contributed by atoms with van der Waals surface area (Å²) in [5.74, 6) is 0.0261. The van der Waals surface area contributed by atoms with Crippen molar-refractivity contribution < 1.29 is 13.9 Å². The van der Waals surface area contributed by atoms with Gasteiger partial charge in [-0.05, 0) is 31.9 Å². The van der Waals surface area contributed by atoms with E-state index in [9.17, 15) is 9.18 Å². The van der Waals surface area contributed by atoms with Gasteiger partial charge in [0.05, 0.1) is 24.8 Å². The Labute approximate surface area is 145 Å². The molecule has 7 nitrogen and oxygen atoms in total. The van der Waals surface area contributed by atoms with Crippen molar-refractivity contribution in [1.82, 2.24) is 25.0 Å². The van der Waals surface area contributed by atoms with E-state index >= 15 is 0 Å². The number of nitrogens with one attached hydrogen (secondary N) is 1. The van der Waals surface area contributed by atoms with Crippen LogP contribution in [0.15, 0.2) is 30.9 Å². The van der Waals surface area contributed by atoms with E-state index in [0.29, 0.717) is 24.4 Å². The second-order valence-electron chi connectivity index (χ2n) is 6.14. The Hall–Kier alpha value is -2.64. The predicted octanol–water partition coefficient (Wildman–Crippen LogP) is 2.53. The maximum atomic E-state index is 14.2. The number of urea groups is 1. The number of nitrogens with zero attached hydrogens (tertiary/aromatic N) is 4. The van der Waals surface area contributed by atoms with Crippen LogP contribution in [0.2, 0.25) is 0 Å². The molecule has 2 atom stereocenters. The molecule has 134 valence electrons. The Bertz CT molecular complexity index is 722. The number of benzene rings is 1. The number of hydrogen-bond acceptors (Lipinski definition) is 4. The molecule has 3 rings (SSSR count). The zero-order valence-corrected chi connectivity index (χ0v) is 14.4. The lowest BCUT2D eigenvalue weighted by atomic mass is 10.1. The van der Waals surface area contributed by atoms with E-state index in [1.54, 1.807) is 35.0 Å². The number of methoxy groups -OCH3 is 1. The van der Waals surface area contributed by atoms with Gasteiger partial charge in [-0.15, -0.1) is 0 Å². The van der Waals surface area contributed by atoms with Gasteiger partial charge in [0.2, 0.25) is 0 Å². The molecule has 1 aliphatic rings. The fourth-order valence-electron chi connectivity index (χ4n) is 3.23. The van der Waals surface area contributed by atoms with Gasteiger partial charge in [0, 0.05) is 13.1 Å². The molecular weight excluding hydrogens is 325 g/mol. The van der Waals surface area contributed by atoms with Gasteiger partial charge < -0.3 is 15.0 Å². The highest BCUT2D eigenvalue weighted by molar-refractivity contribution is 5.75. The van der Waals surface area contributed by atoms with Crippen LogP contribution >= 0.6 is 0 Å². The van der Waals surface area contributed by atoms with Crippen LogP contribution in [0.25, 0.3) is 0 Å². The third kappa shape index (κ3) is 3.72. The van der Waals surface area contributed by atoms with Crippen LogP contribution in [0.3, 0.4) is 0 Å². The highest BCUT2D eigenvalue weighted by Gasteiger charge is 2.27. The van der Waals surface area contributed by atoms with Gasteiger partial charge in [-0.1, -0.05) is 6.07 Å². The van der Waals surface area contributed by atoms with Crippen molar-refractivity contribution in [3.63, 3.8) is 0 Å². The molecule has 1 aromatic heterocycles. The summed E-state index contributed by atoms with van der Waals surface area (Å²) in [6.45, 7) is 2.96. The van der Waals surface area contributed by atoms with Crippen molar-refractivity contribution in [3.05, 3.63) is 42.2 Å². The summed E-state index contributed by atoms with van der Waals surface area (Å²) in [4.78, 5) is 18.3. The number of rotatable bonds is 4. The van der Waals surface area contributed by atoms with Gasteiger partial charge in [-0.3, -0.25) is 0 Å². The highest BCUT2D eigenvalue weighted by Crippen LogP contribution is 2.28. The molecule has 1 N–H and O–H groups in total. The van der Waals surface area contributed by atoms with Crippen LogP contribution in [0.4, 0.5) is 9.18 Å². The van der Waals surface area contributed by atoms with Crippen molar-refractivity contribution in [2.45, 2.75) is 31.8 Å². The fraction of sp³-hybridized carbons (Fsp3) is 0.471. The number of amides is 2. The topological polar surface area (TPSA) is 72.3 Å². The summed E-state index contributed by atoms with van der Waals surface area (Å²) < 4.78 is 21.2. The Morgan fingerprint density at radius 2 is 2.32 bits per heavy atom. The van der Waals surface area contributed by atoms with Gasteiger partial charge in [-0.2, -0.15) is 5.10 Å². The van der Waals surface area contributed by atoms with Gasteiger partial charge in [0.15, 0.2) is 0 Å². The summed E-state index contributed by atoms with van der Waals surface area (Å²) >= 11 is 0. The van der Waals surface area contributed by atoms with E-state index in [0.717, 1.165) is 12.8 Å². The molecule has 0 spiro atoms. The number of piperidine rings is 1. The normalized spacial score (nSPS) is 18.7. The maximum absolute atomic E-state index is 14.2. The van der Waals surface area contributed by atoms with Crippen molar-refractivity contribution in [2.24, 2.45) is 0 Å². The number of carbonyl (C=O) groups is 1. The fourth-order valence-corrected chi connectivity index (χ4v) is 3.23. The summed E-state index contributed by atoms with van der Waals surface area (Å²) in [5.41, 5.74) is 0.350. The molecule has 0 bridgehead atoms. The second kappa shape index (κ2) is 7.50. The van der Waals surface area contributed by atoms with E-state index in [2.05, 4.69) is 15.4 Å². The summed E-state index contributed by atoms with van der Waals surface area (Å²) in [6, 6.07) is 4.02. The molecule has 1 saturated heterocycles. The molecule has 1 aliphatic heterocycles. The molecule has 2 aromatic rings. The third-order valence-corrected chi connectivity index (χ3v) is 4.50. The molecule has 0 radical (unpaired) electrons. The first kappa shape index (κ1) is 17.2. The van der Waals surface area contributed by atoms with Crippen molar-refractivity contribution in [2.75, 3.05) is 20.2 Å².